The molecule has 22 heavy (non-hydrogen) atoms. The second-order valence-electron chi connectivity index (χ2n) is 5.72. The van der Waals surface area contributed by atoms with Crippen molar-refractivity contribution in [1.82, 2.24) is 24.6 Å². The van der Waals surface area contributed by atoms with Crippen molar-refractivity contribution in [3.8, 4) is 0 Å². The van der Waals surface area contributed by atoms with E-state index in [1.807, 2.05) is 49.4 Å². The van der Waals surface area contributed by atoms with Gasteiger partial charge in [-0.05, 0) is 32.0 Å². The van der Waals surface area contributed by atoms with E-state index in [0.29, 0.717) is 5.02 Å². The minimum absolute atomic E-state index is 0.117. The Kier molecular flexibility index (Phi) is 3.93. The zero-order valence-electron chi connectivity index (χ0n) is 13.2. The standard InChI is InChI=1S/C16H20ClN5/c1-10(12-8-18-21(3)9-12)19-11(2)16-20-14-7-13(17)5-6-15(14)22(16)4/h5-11,19H,1-4H3/t10-,11+/m0/s1. The van der Waals surface area contributed by atoms with Crippen molar-refractivity contribution in [3.05, 3.63) is 47.0 Å². The molecule has 0 unspecified atom stereocenters. The number of hydrogen-bond acceptors (Lipinski definition) is 3. The molecule has 0 bridgehead atoms. The summed E-state index contributed by atoms with van der Waals surface area (Å²) in [5.74, 6) is 0.994. The average molecular weight is 318 g/mol. The number of benzene rings is 1. The molecule has 0 spiro atoms. The fourth-order valence-corrected chi connectivity index (χ4v) is 2.95. The van der Waals surface area contributed by atoms with Crippen molar-refractivity contribution in [2.45, 2.75) is 25.9 Å². The van der Waals surface area contributed by atoms with Gasteiger partial charge in [0.1, 0.15) is 5.82 Å². The highest BCUT2D eigenvalue weighted by Crippen LogP contribution is 2.24. The summed E-state index contributed by atoms with van der Waals surface area (Å²) in [6.45, 7) is 4.25. The van der Waals surface area contributed by atoms with Crippen LogP contribution in [0.2, 0.25) is 5.02 Å². The maximum atomic E-state index is 6.05. The molecule has 0 aliphatic rings. The van der Waals surface area contributed by atoms with Gasteiger partial charge in [-0.15, -0.1) is 0 Å². The topological polar surface area (TPSA) is 47.7 Å². The normalized spacial score (nSPS) is 14.4. The van der Waals surface area contributed by atoms with Crippen LogP contribution in [0.25, 0.3) is 11.0 Å². The average Bonchev–Trinajstić information content (AvgIpc) is 3.03. The van der Waals surface area contributed by atoms with Crippen LogP contribution in [-0.2, 0) is 14.1 Å². The Hall–Kier alpha value is -1.85. The van der Waals surface area contributed by atoms with Gasteiger partial charge in [0, 0.05) is 36.9 Å². The number of hydrogen-bond donors (Lipinski definition) is 1. The van der Waals surface area contributed by atoms with Crippen molar-refractivity contribution < 1.29 is 0 Å². The molecule has 0 aliphatic heterocycles. The lowest BCUT2D eigenvalue weighted by molar-refractivity contribution is 0.468. The Morgan fingerprint density at radius 3 is 2.64 bits per heavy atom. The lowest BCUT2D eigenvalue weighted by Crippen LogP contribution is -2.24. The fraction of sp³-hybridized carbons (Fsp3) is 0.375. The summed E-state index contributed by atoms with van der Waals surface area (Å²) in [7, 11) is 3.96. The van der Waals surface area contributed by atoms with E-state index in [9.17, 15) is 0 Å². The molecule has 1 aromatic carbocycles. The molecule has 3 aromatic rings. The Labute approximate surface area is 134 Å². The van der Waals surface area contributed by atoms with E-state index in [1.165, 1.54) is 0 Å². The molecule has 6 heteroatoms. The van der Waals surface area contributed by atoms with Crippen molar-refractivity contribution in [2.24, 2.45) is 14.1 Å². The van der Waals surface area contributed by atoms with Crippen molar-refractivity contribution in [3.63, 3.8) is 0 Å². The van der Waals surface area contributed by atoms with E-state index in [0.717, 1.165) is 22.4 Å². The van der Waals surface area contributed by atoms with Gasteiger partial charge in [0.15, 0.2) is 0 Å². The van der Waals surface area contributed by atoms with Crippen LogP contribution >= 0.6 is 11.6 Å². The third-order valence-corrected chi connectivity index (χ3v) is 4.22. The summed E-state index contributed by atoms with van der Waals surface area (Å²) in [5.41, 5.74) is 3.17. The largest absolute Gasteiger partial charge is 0.330 e. The van der Waals surface area contributed by atoms with Crippen LogP contribution in [0.3, 0.4) is 0 Å². The molecule has 3 rings (SSSR count). The lowest BCUT2D eigenvalue weighted by atomic mass is 10.1. The minimum Gasteiger partial charge on any atom is -0.330 e. The first-order valence-electron chi connectivity index (χ1n) is 7.32. The molecule has 5 nitrogen and oxygen atoms in total. The highest BCUT2D eigenvalue weighted by atomic mass is 35.5. The Morgan fingerprint density at radius 1 is 1.18 bits per heavy atom. The molecule has 0 saturated carbocycles. The van der Waals surface area contributed by atoms with Gasteiger partial charge in [0.2, 0.25) is 0 Å². The summed E-state index contributed by atoms with van der Waals surface area (Å²) in [6, 6.07) is 6.12. The highest BCUT2D eigenvalue weighted by Gasteiger charge is 2.17. The SMILES string of the molecule is C[C@H](N[C@H](C)c1nc2cc(Cl)ccc2n1C)c1cnn(C)c1. The molecule has 0 aliphatic carbocycles. The summed E-state index contributed by atoms with van der Waals surface area (Å²) >= 11 is 6.05. The predicted octanol–water partition coefficient (Wildman–Crippen LogP) is 3.37. The monoisotopic (exact) mass is 317 g/mol. The Balaban J connectivity index is 1.85. The van der Waals surface area contributed by atoms with E-state index in [4.69, 9.17) is 16.6 Å². The van der Waals surface area contributed by atoms with Crippen LogP contribution in [0.15, 0.2) is 30.6 Å². The van der Waals surface area contributed by atoms with Crippen molar-refractivity contribution >= 4 is 22.6 Å². The number of aromatic nitrogens is 4. The molecule has 0 amide bonds. The van der Waals surface area contributed by atoms with E-state index in [2.05, 4.69) is 28.8 Å². The van der Waals surface area contributed by atoms with Gasteiger partial charge in [0.25, 0.3) is 0 Å². The summed E-state index contributed by atoms with van der Waals surface area (Å²) in [5, 5.41) is 8.50. The summed E-state index contributed by atoms with van der Waals surface area (Å²) < 4.78 is 3.93. The van der Waals surface area contributed by atoms with Crippen LogP contribution < -0.4 is 5.32 Å². The number of halogens is 1. The Morgan fingerprint density at radius 2 is 1.95 bits per heavy atom. The lowest BCUT2D eigenvalue weighted by Gasteiger charge is -2.19. The molecule has 0 saturated heterocycles. The van der Waals surface area contributed by atoms with E-state index in [-0.39, 0.29) is 12.1 Å². The van der Waals surface area contributed by atoms with Crippen LogP contribution in [0.5, 0.6) is 0 Å². The van der Waals surface area contributed by atoms with Gasteiger partial charge in [-0.2, -0.15) is 5.10 Å². The third-order valence-electron chi connectivity index (χ3n) is 3.99. The van der Waals surface area contributed by atoms with Gasteiger partial charge >= 0.3 is 0 Å². The van der Waals surface area contributed by atoms with Crippen LogP contribution in [0, 0.1) is 0 Å². The zero-order chi connectivity index (χ0) is 15.9. The highest BCUT2D eigenvalue weighted by molar-refractivity contribution is 6.31. The summed E-state index contributed by atoms with van der Waals surface area (Å²) in [4.78, 5) is 4.72. The molecule has 0 fully saturated rings. The quantitative estimate of drug-likeness (QED) is 0.802. The first kappa shape index (κ1) is 15.1. The first-order valence-corrected chi connectivity index (χ1v) is 7.70. The number of nitrogens with zero attached hydrogens (tertiary/aromatic N) is 4. The van der Waals surface area contributed by atoms with Gasteiger partial charge in [0.05, 0.1) is 23.3 Å². The van der Waals surface area contributed by atoms with E-state index >= 15 is 0 Å². The second-order valence-corrected chi connectivity index (χ2v) is 6.16. The van der Waals surface area contributed by atoms with Crippen LogP contribution in [0.1, 0.15) is 37.3 Å². The summed E-state index contributed by atoms with van der Waals surface area (Å²) in [6.07, 6.45) is 3.91. The maximum Gasteiger partial charge on any atom is 0.126 e. The zero-order valence-corrected chi connectivity index (χ0v) is 14.0. The fourth-order valence-electron chi connectivity index (χ4n) is 2.79. The smallest absolute Gasteiger partial charge is 0.126 e. The Bertz CT molecular complexity index is 804. The van der Waals surface area contributed by atoms with Crippen LogP contribution in [0.4, 0.5) is 0 Å². The van der Waals surface area contributed by atoms with E-state index < -0.39 is 0 Å². The molecule has 0 radical (unpaired) electrons. The molecule has 1 N–H and O–H groups in total. The van der Waals surface area contributed by atoms with Gasteiger partial charge in [-0.1, -0.05) is 11.6 Å². The third kappa shape index (κ3) is 2.74. The second kappa shape index (κ2) is 5.74. The molecule has 2 aromatic heterocycles. The molecular weight excluding hydrogens is 298 g/mol. The van der Waals surface area contributed by atoms with Crippen molar-refractivity contribution in [1.29, 1.82) is 0 Å². The predicted molar refractivity (Wildman–Crippen MR) is 88.9 cm³/mol. The van der Waals surface area contributed by atoms with Gasteiger partial charge in [-0.3, -0.25) is 4.68 Å². The van der Waals surface area contributed by atoms with Crippen LogP contribution in [-0.4, -0.2) is 19.3 Å². The van der Waals surface area contributed by atoms with Gasteiger partial charge in [-0.25, -0.2) is 4.98 Å². The molecule has 2 atom stereocenters. The van der Waals surface area contributed by atoms with Crippen molar-refractivity contribution in [2.75, 3.05) is 0 Å². The maximum absolute atomic E-state index is 6.05. The minimum atomic E-state index is 0.117. The van der Waals surface area contributed by atoms with Gasteiger partial charge < -0.3 is 9.88 Å². The molecule has 2 heterocycles. The molecular formula is C16H20ClN5. The van der Waals surface area contributed by atoms with E-state index in [1.54, 1.807) is 0 Å². The first-order chi connectivity index (χ1) is 10.5. The number of aryl methyl sites for hydroxylation is 2. The molecule has 116 valence electrons. The number of fused-ring (bicyclic) bond motifs is 1. The number of imidazole rings is 1. The number of rotatable bonds is 4. The number of nitrogens with one attached hydrogen (secondary N) is 1.